The van der Waals surface area contributed by atoms with Gasteiger partial charge in [0, 0.05) is 11.8 Å². The van der Waals surface area contributed by atoms with Crippen molar-refractivity contribution in [2.45, 2.75) is 77.5 Å². The Morgan fingerprint density at radius 3 is 2.18 bits per heavy atom. The number of nitrogens with zero attached hydrogens (tertiary/aromatic N) is 1. The molecule has 39 heavy (non-hydrogen) atoms. The molecule has 218 valence electrons. The van der Waals surface area contributed by atoms with E-state index in [1.54, 1.807) is 12.1 Å². The number of amides is 1. The van der Waals surface area contributed by atoms with Crippen molar-refractivity contribution < 1.29 is 26.8 Å². The van der Waals surface area contributed by atoms with Crippen LogP contribution >= 0.6 is 0 Å². The zero-order valence-electron chi connectivity index (χ0n) is 24.1. The Bertz CT molecular complexity index is 1120. The average Bonchev–Trinajstić information content (AvgIpc) is 2.92. The zero-order chi connectivity index (χ0) is 28.7. The fourth-order valence-corrected chi connectivity index (χ4v) is 5.62. The van der Waals surface area contributed by atoms with Gasteiger partial charge in [0.1, 0.15) is 11.6 Å². The number of hydrogen-bond acceptors (Lipinski definition) is 4. The Morgan fingerprint density at radius 2 is 1.54 bits per heavy atom. The summed E-state index contributed by atoms with van der Waals surface area (Å²) >= 11 is 0. The zero-order valence-corrected chi connectivity index (χ0v) is 24.9. The van der Waals surface area contributed by atoms with Crippen molar-refractivity contribution >= 4 is 21.6 Å². The van der Waals surface area contributed by atoms with Gasteiger partial charge in [0.25, 0.3) is 5.91 Å². The highest BCUT2D eigenvalue weighted by molar-refractivity contribution is 7.89. The Hall–Kier alpha value is -2.49. The molecule has 2 rings (SSSR count). The predicted octanol–water partition coefficient (Wildman–Crippen LogP) is 6.36. The second-order valence-corrected chi connectivity index (χ2v) is 11.8. The molecule has 0 aliphatic heterocycles. The first-order valence-electron chi connectivity index (χ1n) is 14.4. The number of benzene rings is 2. The van der Waals surface area contributed by atoms with Crippen molar-refractivity contribution in [2.75, 3.05) is 44.6 Å². The van der Waals surface area contributed by atoms with E-state index in [-0.39, 0.29) is 16.2 Å². The number of nitrogens with one attached hydrogen (secondary N) is 2. The van der Waals surface area contributed by atoms with Crippen LogP contribution in [0.15, 0.2) is 47.4 Å². The van der Waals surface area contributed by atoms with Gasteiger partial charge in [0.2, 0.25) is 10.0 Å². The van der Waals surface area contributed by atoms with Crippen LogP contribution in [-0.4, -0.2) is 58.1 Å². The quantitative estimate of drug-likeness (QED) is 0.154. The Morgan fingerprint density at radius 1 is 0.872 bits per heavy atom. The number of quaternary nitrogens is 1. The van der Waals surface area contributed by atoms with Crippen LogP contribution in [0.3, 0.4) is 0 Å². The Kier molecular flexibility index (Phi) is 13.9. The number of anilines is 1. The van der Waals surface area contributed by atoms with E-state index in [4.69, 9.17) is 4.74 Å². The van der Waals surface area contributed by atoms with Gasteiger partial charge in [0.05, 0.1) is 49.8 Å². The number of hydrogen-bond donors (Lipinski definition) is 2. The summed E-state index contributed by atoms with van der Waals surface area (Å²) in [6, 6.07) is 9.85. The first-order chi connectivity index (χ1) is 18.7. The smallest absolute Gasteiger partial charge is 0.259 e. The van der Waals surface area contributed by atoms with Crippen LogP contribution in [0.5, 0.6) is 5.75 Å². The molecule has 0 bridgehead atoms. The highest BCUT2D eigenvalue weighted by atomic mass is 32.2. The summed E-state index contributed by atoms with van der Waals surface area (Å²) in [5.41, 5.74) is 0.651. The van der Waals surface area contributed by atoms with Gasteiger partial charge in [-0.2, -0.15) is 0 Å². The minimum Gasteiger partial charge on any atom is -0.493 e. The molecule has 9 heteroatoms. The fourth-order valence-electron chi connectivity index (χ4n) is 4.60. The van der Waals surface area contributed by atoms with E-state index in [1.807, 2.05) is 0 Å². The summed E-state index contributed by atoms with van der Waals surface area (Å²) in [6.45, 7) is 13.1. The van der Waals surface area contributed by atoms with Crippen molar-refractivity contribution in [3.8, 4) is 5.75 Å². The Balaban J connectivity index is 1.99. The van der Waals surface area contributed by atoms with Crippen molar-refractivity contribution in [1.29, 1.82) is 0 Å². The SMILES string of the molecule is CCCCCCOc1cc(F)ccc1C(=O)Nc1ccc(S(=O)(=O)NCC[N+](CC)(CC)CCCCC)cc1. The molecular formula is C30H47FN3O4S+. The molecule has 1 amide bonds. The minimum absolute atomic E-state index is 0.135. The second kappa shape index (κ2) is 16.6. The summed E-state index contributed by atoms with van der Waals surface area (Å²) in [7, 11) is -3.68. The van der Waals surface area contributed by atoms with Gasteiger partial charge in [-0.15, -0.1) is 0 Å². The van der Waals surface area contributed by atoms with Gasteiger partial charge in [0.15, 0.2) is 0 Å². The molecule has 0 fully saturated rings. The number of sulfonamides is 1. The summed E-state index contributed by atoms with van der Waals surface area (Å²) in [4.78, 5) is 13.0. The molecule has 0 saturated heterocycles. The van der Waals surface area contributed by atoms with Gasteiger partial charge in [-0.25, -0.2) is 17.5 Å². The number of ether oxygens (including phenoxy) is 1. The maximum Gasteiger partial charge on any atom is 0.259 e. The van der Waals surface area contributed by atoms with Crippen LogP contribution in [0, 0.1) is 5.82 Å². The number of rotatable bonds is 19. The molecule has 7 nitrogen and oxygen atoms in total. The van der Waals surface area contributed by atoms with Crippen LogP contribution in [0.2, 0.25) is 0 Å². The third-order valence-electron chi connectivity index (χ3n) is 7.32. The highest BCUT2D eigenvalue weighted by Gasteiger charge is 2.24. The maximum absolute atomic E-state index is 13.8. The van der Waals surface area contributed by atoms with Gasteiger partial charge < -0.3 is 14.5 Å². The first-order valence-corrected chi connectivity index (χ1v) is 15.9. The van der Waals surface area contributed by atoms with Crippen molar-refractivity contribution in [3.63, 3.8) is 0 Å². The van der Waals surface area contributed by atoms with E-state index in [0.29, 0.717) is 18.8 Å². The van der Waals surface area contributed by atoms with Crippen LogP contribution in [-0.2, 0) is 10.0 Å². The lowest BCUT2D eigenvalue weighted by Crippen LogP contribution is -2.52. The number of likely N-dealkylation sites (N-methyl/N-ethyl adjacent to an activating group) is 1. The van der Waals surface area contributed by atoms with E-state index in [0.717, 1.165) is 69.2 Å². The molecule has 0 atom stereocenters. The molecule has 2 aromatic rings. The summed E-state index contributed by atoms with van der Waals surface area (Å²) in [5, 5.41) is 2.75. The fraction of sp³-hybridized carbons (Fsp3) is 0.567. The molecule has 0 aliphatic rings. The van der Waals surface area contributed by atoms with Gasteiger partial charge in [-0.05, 0) is 69.5 Å². The lowest BCUT2D eigenvalue weighted by Gasteiger charge is -2.37. The van der Waals surface area contributed by atoms with Crippen LogP contribution in [0.4, 0.5) is 10.1 Å². The summed E-state index contributed by atoms with van der Waals surface area (Å²) in [6.07, 6.45) is 7.51. The topological polar surface area (TPSA) is 84.5 Å². The minimum atomic E-state index is -3.68. The average molecular weight is 565 g/mol. The van der Waals surface area contributed by atoms with E-state index in [1.165, 1.54) is 36.8 Å². The molecule has 0 aliphatic carbocycles. The standard InChI is InChI=1S/C30H46FN3O4S/c1-5-9-11-13-23-38-29-24-25(31)14-19-28(29)30(35)33-26-15-17-27(18-16-26)39(36,37)32-20-22-34(7-3,8-4)21-12-10-6-2/h14-19,24,32H,5-13,20-23H2,1-4H3/p+1. The molecular weight excluding hydrogens is 517 g/mol. The number of carbonyl (C=O) groups is 1. The van der Waals surface area contributed by atoms with Crippen LogP contribution in [0.1, 0.15) is 83.0 Å². The monoisotopic (exact) mass is 564 g/mol. The normalized spacial score (nSPS) is 11.9. The van der Waals surface area contributed by atoms with Gasteiger partial charge >= 0.3 is 0 Å². The summed E-state index contributed by atoms with van der Waals surface area (Å²) in [5.74, 6) is -0.744. The molecule has 0 unspecified atom stereocenters. The largest absolute Gasteiger partial charge is 0.493 e. The molecule has 0 radical (unpaired) electrons. The van der Waals surface area contributed by atoms with E-state index in [2.05, 4.69) is 37.7 Å². The van der Waals surface area contributed by atoms with Gasteiger partial charge in [-0.1, -0.05) is 39.5 Å². The molecule has 0 spiro atoms. The van der Waals surface area contributed by atoms with E-state index >= 15 is 0 Å². The third-order valence-corrected chi connectivity index (χ3v) is 8.80. The molecule has 2 aromatic carbocycles. The lowest BCUT2D eigenvalue weighted by atomic mass is 10.1. The van der Waals surface area contributed by atoms with Crippen LogP contribution in [0.25, 0.3) is 0 Å². The number of unbranched alkanes of at least 4 members (excludes halogenated alkanes) is 5. The first kappa shape index (κ1) is 32.7. The number of halogens is 1. The van der Waals surface area contributed by atoms with E-state index in [9.17, 15) is 17.6 Å². The van der Waals surface area contributed by atoms with E-state index < -0.39 is 21.7 Å². The molecule has 0 saturated carbocycles. The van der Waals surface area contributed by atoms with Crippen molar-refractivity contribution in [1.82, 2.24) is 4.72 Å². The molecule has 2 N–H and O–H groups in total. The second-order valence-electron chi connectivity index (χ2n) is 10.1. The highest BCUT2D eigenvalue weighted by Crippen LogP contribution is 2.23. The number of carbonyl (C=O) groups excluding carboxylic acids is 1. The molecule has 0 heterocycles. The third kappa shape index (κ3) is 10.5. The predicted molar refractivity (Wildman–Crippen MR) is 156 cm³/mol. The van der Waals surface area contributed by atoms with Gasteiger partial charge in [-0.3, -0.25) is 4.79 Å². The van der Waals surface area contributed by atoms with Crippen molar-refractivity contribution in [3.05, 3.63) is 53.8 Å². The van der Waals surface area contributed by atoms with Crippen molar-refractivity contribution in [2.24, 2.45) is 0 Å². The Labute approximate surface area is 234 Å². The molecule has 0 aromatic heterocycles. The lowest BCUT2D eigenvalue weighted by molar-refractivity contribution is -0.924. The maximum atomic E-state index is 13.8. The van der Waals surface area contributed by atoms with Crippen LogP contribution < -0.4 is 14.8 Å². The summed E-state index contributed by atoms with van der Waals surface area (Å²) < 4.78 is 48.9.